The largest absolute Gasteiger partial charge is 0.480 e. The summed E-state index contributed by atoms with van der Waals surface area (Å²) in [4.78, 5) is 11.7. The van der Waals surface area contributed by atoms with Crippen LogP contribution in [0.1, 0.15) is 49.3 Å². The summed E-state index contributed by atoms with van der Waals surface area (Å²) in [6, 6.07) is 8.49. The molecule has 1 aromatic carbocycles. The van der Waals surface area contributed by atoms with Crippen molar-refractivity contribution in [3.63, 3.8) is 0 Å². The lowest BCUT2D eigenvalue weighted by molar-refractivity contribution is -0.144. The molecule has 5 N–H and O–H groups in total. The number of carboxylic acids is 1. The van der Waals surface area contributed by atoms with Crippen LogP contribution in [0.3, 0.4) is 0 Å². The number of aliphatic carboxylic acids is 1. The topological polar surface area (TPSA) is 107 Å². The van der Waals surface area contributed by atoms with Gasteiger partial charge in [0.25, 0.3) is 0 Å². The van der Waals surface area contributed by atoms with Gasteiger partial charge in [0, 0.05) is 35.5 Å². The van der Waals surface area contributed by atoms with Crippen molar-refractivity contribution in [3.05, 3.63) is 35.4 Å². The summed E-state index contributed by atoms with van der Waals surface area (Å²) < 4.78 is 2.24. The van der Waals surface area contributed by atoms with Gasteiger partial charge in [0.2, 0.25) is 0 Å². The lowest BCUT2D eigenvalue weighted by Crippen LogP contribution is -2.48. The van der Waals surface area contributed by atoms with Gasteiger partial charge in [-0.2, -0.15) is 0 Å². The molecule has 0 radical (unpaired) electrons. The average Bonchev–Trinajstić information content (AvgIpc) is 2.57. The molecule has 1 heterocycles. The van der Waals surface area contributed by atoms with E-state index in [0.29, 0.717) is 32.1 Å². The molecule has 25 heavy (non-hydrogen) atoms. The number of benzene rings is 1. The number of carbonyl (C=O) groups is 1. The zero-order valence-electron chi connectivity index (χ0n) is 14.3. The first-order valence-electron chi connectivity index (χ1n) is 8.72. The molecule has 0 bridgehead atoms. The molecule has 2 atom stereocenters. The Kier molecular flexibility index (Phi) is 7.69. The maximum Gasteiger partial charge on any atom is 0.451 e. The van der Waals surface area contributed by atoms with Crippen molar-refractivity contribution in [2.24, 2.45) is 5.73 Å². The maximum atomic E-state index is 11.7. The molecule has 138 valence electrons. The summed E-state index contributed by atoms with van der Waals surface area (Å²) in [6.45, 7) is 0.946. The predicted octanol–water partition coefficient (Wildman–Crippen LogP) is 2.14. The fourth-order valence-corrected chi connectivity index (χ4v) is 4.24. The molecule has 0 amide bonds. The summed E-state index contributed by atoms with van der Waals surface area (Å²) in [7, 11) is -1.34. The average molecular weight is 460 g/mol. The van der Waals surface area contributed by atoms with Crippen LogP contribution < -0.4 is 5.73 Å². The van der Waals surface area contributed by atoms with Crippen LogP contribution in [0.15, 0.2) is 24.3 Å². The summed E-state index contributed by atoms with van der Waals surface area (Å²) in [5.41, 5.74) is 7.51. The second-order valence-electron chi connectivity index (χ2n) is 6.81. The first kappa shape index (κ1) is 20.6. The van der Waals surface area contributed by atoms with Crippen molar-refractivity contribution < 1.29 is 19.9 Å². The normalized spacial score (nSPS) is 19.9. The number of hydrogen-bond donors (Lipinski definition) is 4. The second kappa shape index (κ2) is 9.32. The summed E-state index contributed by atoms with van der Waals surface area (Å²) in [5, 5.41) is 27.4. The molecule has 0 saturated heterocycles. The van der Waals surface area contributed by atoms with Crippen molar-refractivity contribution in [2.45, 2.75) is 56.4 Å². The maximum absolute atomic E-state index is 11.7. The number of fused-ring (bicyclic) bond motifs is 1. The van der Waals surface area contributed by atoms with Crippen LogP contribution >= 0.6 is 22.9 Å². The summed E-state index contributed by atoms with van der Waals surface area (Å²) >= 11 is 2.32. The van der Waals surface area contributed by atoms with Crippen LogP contribution in [0.2, 0.25) is 6.32 Å². The molecule has 8 heteroatoms. The molecule has 2 unspecified atom stereocenters. The van der Waals surface area contributed by atoms with Gasteiger partial charge < -0.3 is 20.9 Å². The highest BCUT2D eigenvalue weighted by Crippen LogP contribution is 2.37. The highest BCUT2D eigenvalue weighted by Gasteiger charge is 2.36. The van der Waals surface area contributed by atoms with Crippen molar-refractivity contribution in [1.82, 2.24) is 3.11 Å². The Balaban J connectivity index is 1.99. The van der Waals surface area contributed by atoms with E-state index in [9.17, 15) is 9.90 Å². The molecular formula is C17H26BIN2O4. The van der Waals surface area contributed by atoms with Crippen molar-refractivity contribution >= 4 is 36.0 Å². The Morgan fingerprint density at radius 1 is 1.32 bits per heavy atom. The minimum absolute atomic E-state index is 0.173. The van der Waals surface area contributed by atoms with Crippen molar-refractivity contribution in [1.29, 1.82) is 0 Å². The highest BCUT2D eigenvalue weighted by molar-refractivity contribution is 14.1. The van der Waals surface area contributed by atoms with E-state index in [1.807, 2.05) is 12.1 Å². The number of hydrogen-bond acceptors (Lipinski definition) is 5. The van der Waals surface area contributed by atoms with Crippen LogP contribution in [0, 0.1) is 0 Å². The minimum Gasteiger partial charge on any atom is -0.480 e. The van der Waals surface area contributed by atoms with Crippen LogP contribution in [0.5, 0.6) is 0 Å². The number of nitrogens with two attached hydrogens (primary N) is 1. The van der Waals surface area contributed by atoms with Crippen molar-refractivity contribution in [2.75, 3.05) is 6.54 Å². The number of nitrogens with zero attached hydrogens (tertiary/aromatic N) is 1. The predicted molar refractivity (Wildman–Crippen MR) is 106 cm³/mol. The first-order chi connectivity index (χ1) is 11.8. The Bertz CT molecular complexity index is 590. The van der Waals surface area contributed by atoms with Gasteiger partial charge in [-0.25, -0.2) is 3.11 Å². The molecular weight excluding hydrogens is 434 g/mol. The van der Waals surface area contributed by atoms with E-state index in [-0.39, 0.29) is 12.4 Å². The van der Waals surface area contributed by atoms with Gasteiger partial charge in [0.1, 0.15) is 5.54 Å². The lowest BCUT2D eigenvalue weighted by atomic mass is 9.80. The van der Waals surface area contributed by atoms with Gasteiger partial charge in [0.15, 0.2) is 0 Å². The third-order valence-corrected chi connectivity index (χ3v) is 6.13. The summed E-state index contributed by atoms with van der Waals surface area (Å²) in [6.07, 6.45) is 3.78. The molecule has 0 spiro atoms. The molecule has 6 nitrogen and oxygen atoms in total. The van der Waals surface area contributed by atoms with Crippen LogP contribution in [-0.4, -0.2) is 43.4 Å². The van der Waals surface area contributed by atoms with Gasteiger partial charge in [-0.1, -0.05) is 37.1 Å². The zero-order valence-corrected chi connectivity index (χ0v) is 16.4. The van der Waals surface area contributed by atoms with Crippen LogP contribution in [-0.2, 0) is 11.2 Å². The van der Waals surface area contributed by atoms with Crippen LogP contribution in [0.25, 0.3) is 0 Å². The Morgan fingerprint density at radius 2 is 2.04 bits per heavy atom. The minimum atomic E-state index is -1.34. The van der Waals surface area contributed by atoms with Crippen LogP contribution in [0.4, 0.5) is 0 Å². The first-order valence-corrected chi connectivity index (χ1v) is 9.68. The Morgan fingerprint density at radius 3 is 2.72 bits per heavy atom. The highest BCUT2D eigenvalue weighted by atomic mass is 127. The van der Waals surface area contributed by atoms with E-state index in [1.165, 1.54) is 11.1 Å². The van der Waals surface area contributed by atoms with E-state index in [0.717, 1.165) is 13.0 Å². The molecule has 1 aliphatic rings. The Hall–Kier alpha value is -0.675. The number of unbranched alkanes of at least 4 members (excludes halogenated alkanes) is 1. The molecule has 2 rings (SSSR count). The van der Waals surface area contributed by atoms with E-state index in [1.54, 1.807) is 0 Å². The smallest absolute Gasteiger partial charge is 0.451 e. The van der Waals surface area contributed by atoms with Gasteiger partial charge in [-0.15, -0.1) is 0 Å². The lowest BCUT2D eigenvalue weighted by Gasteiger charge is -2.35. The molecule has 0 aliphatic carbocycles. The standard InChI is InChI=1S/C17H26BIN2O4/c19-21-12-8-13-5-1-2-6-14(13)15(21)7-10-17(20,16(22)23)9-3-4-11-18(24)25/h1-2,5-6,15,24-25H,3-4,7-12,20H2,(H,22,23). The fraction of sp³-hybridized carbons (Fsp3) is 0.588. The Labute approximate surface area is 163 Å². The SMILES string of the molecule is NC(CCCCB(O)O)(CCC1c2ccccc2CCN1I)C(=O)O. The molecule has 0 fully saturated rings. The molecule has 0 saturated carbocycles. The third kappa shape index (κ3) is 5.65. The molecule has 0 aromatic heterocycles. The molecule has 1 aromatic rings. The monoisotopic (exact) mass is 460 g/mol. The van der Waals surface area contributed by atoms with E-state index in [4.69, 9.17) is 15.8 Å². The van der Waals surface area contributed by atoms with Gasteiger partial charge >= 0.3 is 13.1 Å². The van der Waals surface area contributed by atoms with Crippen molar-refractivity contribution in [3.8, 4) is 0 Å². The van der Waals surface area contributed by atoms with Gasteiger partial charge in [-0.3, -0.25) is 4.79 Å². The fourth-order valence-electron chi connectivity index (χ4n) is 3.42. The number of carboxylic acid groups (broad SMARTS) is 1. The third-order valence-electron chi connectivity index (χ3n) is 4.97. The second-order valence-corrected chi connectivity index (χ2v) is 8.05. The number of rotatable bonds is 9. The van der Waals surface area contributed by atoms with E-state index in [2.05, 4.69) is 38.1 Å². The zero-order chi connectivity index (χ0) is 18.4. The van der Waals surface area contributed by atoms with E-state index >= 15 is 0 Å². The quantitative estimate of drug-likeness (QED) is 0.195. The van der Waals surface area contributed by atoms with Gasteiger partial charge in [0.05, 0.1) is 0 Å². The van der Waals surface area contributed by atoms with Gasteiger partial charge in [-0.05, 0) is 43.1 Å². The number of halogens is 1. The van der Waals surface area contributed by atoms with E-state index < -0.39 is 18.6 Å². The molecule has 1 aliphatic heterocycles. The summed E-state index contributed by atoms with van der Waals surface area (Å²) in [5.74, 6) is -0.985.